The number of hydrogen-bond acceptors (Lipinski definition) is 4. The first-order valence-corrected chi connectivity index (χ1v) is 11.3. The van der Waals surface area contributed by atoms with Gasteiger partial charge in [0, 0.05) is 35.7 Å². The summed E-state index contributed by atoms with van der Waals surface area (Å²) in [4.78, 5) is 12.1. The summed E-state index contributed by atoms with van der Waals surface area (Å²) in [6.45, 7) is 0.551. The third-order valence-corrected chi connectivity index (χ3v) is 6.15. The second-order valence-corrected chi connectivity index (χ2v) is 9.27. The molecule has 8 heteroatoms. The van der Waals surface area contributed by atoms with Crippen LogP contribution in [0.1, 0.15) is 15.9 Å². The van der Waals surface area contributed by atoms with Crippen LogP contribution >= 0.6 is 23.4 Å². The van der Waals surface area contributed by atoms with Crippen LogP contribution in [-0.2, 0) is 15.8 Å². The van der Waals surface area contributed by atoms with E-state index in [1.165, 1.54) is 11.4 Å². The molecule has 5 nitrogen and oxygen atoms in total. The van der Waals surface area contributed by atoms with Crippen molar-refractivity contribution in [2.24, 2.45) is 0 Å². The lowest BCUT2D eigenvalue weighted by Gasteiger charge is -2.16. The van der Waals surface area contributed by atoms with Gasteiger partial charge in [0.25, 0.3) is 5.91 Å². The largest absolute Gasteiger partial charge is 0.351 e. The van der Waals surface area contributed by atoms with Crippen molar-refractivity contribution in [3.63, 3.8) is 0 Å². The van der Waals surface area contributed by atoms with Crippen LogP contribution in [0.5, 0.6) is 0 Å². The average Bonchev–Trinajstić information content (AvgIpc) is 2.60. The van der Waals surface area contributed by atoms with Crippen LogP contribution in [0.15, 0.2) is 48.5 Å². The third kappa shape index (κ3) is 6.23. The van der Waals surface area contributed by atoms with Crippen molar-refractivity contribution in [1.29, 1.82) is 0 Å². The molecular weight excluding hydrogens is 392 g/mol. The van der Waals surface area contributed by atoms with Gasteiger partial charge in [-0.15, -0.1) is 0 Å². The van der Waals surface area contributed by atoms with E-state index >= 15 is 0 Å². The van der Waals surface area contributed by atoms with Crippen LogP contribution in [0, 0.1) is 0 Å². The predicted octanol–water partition coefficient (Wildman–Crippen LogP) is 3.40. The van der Waals surface area contributed by atoms with Crippen LogP contribution in [0.25, 0.3) is 0 Å². The molecule has 2 rings (SSSR count). The maximum absolute atomic E-state index is 12.1. The minimum Gasteiger partial charge on any atom is -0.351 e. The number of thioether (sulfide) groups is 1. The molecule has 0 radical (unpaired) electrons. The van der Waals surface area contributed by atoms with Crippen LogP contribution < -0.4 is 9.62 Å². The standard InChI is InChI=1S/C18H21ClN2O3S2/c1-21(26(2,23)24)17-8-6-15(7-9-17)18(22)20-10-11-25-13-14-4-3-5-16(19)12-14/h3-9,12H,10-11,13H2,1-2H3,(H,20,22). The molecule has 140 valence electrons. The number of hydrogen-bond donors (Lipinski definition) is 1. The van der Waals surface area contributed by atoms with Gasteiger partial charge < -0.3 is 5.32 Å². The Balaban J connectivity index is 1.77. The van der Waals surface area contributed by atoms with Gasteiger partial charge in [-0.05, 0) is 42.0 Å². The Morgan fingerprint density at radius 2 is 1.88 bits per heavy atom. The van der Waals surface area contributed by atoms with Gasteiger partial charge in [-0.2, -0.15) is 11.8 Å². The molecular formula is C18H21ClN2O3S2. The fourth-order valence-electron chi connectivity index (χ4n) is 2.17. The van der Waals surface area contributed by atoms with E-state index in [9.17, 15) is 13.2 Å². The van der Waals surface area contributed by atoms with Crippen LogP contribution in [0.4, 0.5) is 5.69 Å². The monoisotopic (exact) mass is 412 g/mol. The normalized spacial score (nSPS) is 11.2. The molecule has 0 saturated heterocycles. The van der Waals surface area contributed by atoms with Gasteiger partial charge in [0.2, 0.25) is 10.0 Å². The Bertz CT molecular complexity index is 855. The minimum absolute atomic E-state index is 0.179. The van der Waals surface area contributed by atoms with E-state index in [4.69, 9.17) is 11.6 Å². The molecule has 2 aromatic rings. The fraction of sp³-hybridized carbons (Fsp3) is 0.278. The van der Waals surface area contributed by atoms with E-state index in [1.54, 1.807) is 36.0 Å². The lowest BCUT2D eigenvalue weighted by atomic mass is 10.2. The Morgan fingerprint density at radius 3 is 2.50 bits per heavy atom. The number of carbonyl (C=O) groups is 1. The van der Waals surface area contributed by atoms with Crippen molar-refractivity contribution < 1.29 is 13.2 Å². The highest BCUT2D eigenvalue weighted by Crippen LogP contribution is 2.17. The number of rotatable bonds is 8. The summed E-state index contributed by atoms with van der Waals surface area (Å²) < 4.78 is 24.2. The molecule has 26 heavy (non-hydrogen) atoms. The van der Waals surface area contributed by atoms with Crippen LogP contribution in [0.2, 0.25) is 5.02 Å². The predicted molar refractivity (Wildman–Crippen MR) is 110 cm³/mol. The summed E-state index contributed by atoms with van der Waals surface area (Å²) in [5, 5.41) is 3.58. The zero-order chi connectivity index (χ0) is 19.2. The Morgan fingerprint density at radius 1 is 1.19 bits per heavy atom. The van der Waals surface area contributed by atoms with Crippen molar-refractivity contribution in [3.8, 4) is 0 Å². The maximum atomic E-state index is 12.1. The van der Waals surface area contributed by atoms with Gasteiger partial charge in [0.15, 0.2) is 0 Å². The molecule has 0 aliphatic carbocycles. The summed E-state index contributed by atoms with van der Waals surface area (Å²) >= 11 is 7.66. The molecule has 0 spiro atoms. The topological polar surface area (TPSA) is 66.5 Å². The number of anilines is 1. The summed E-state index contributed by atoms with van der Waals surface area (Å²) in [6.07, 6.45) is 1.13. The molecule has 1 N–H and O–H groups in total. The van der Waals surface area contributed by atoms with E-state index in [0.717, 1.165) is 28.3 Å². The van der Waals surface area contributed by atoms with E-state index in [0.29, 0.717) is 17.8 Å². The second kappa shape index (κ2) is 9.30. The van der Waals surface area contributed by atoms with Gasteiger partial charge in [-0.1, -0.05) is 23.7 Å². The number of amides is 1. The number of benzene rings is 2. The third-order valence-electron chi connectivity index (χ3n) is 3.68. The first kappa shape index (κ1) is 20.6. The first-order valence-electron chi connectivity index (χ1n) is 7.92. The summed E-state index contributed by atoms with van der Waals surface area (Å²) in [7, 11) is -1.84. The summed E-state index contributed by atoms with van der Waals surface area (Å²) in [5.74, 6) is 1.44. The number of carbonyl (C=O) groups excluding carboxylic acids is 1. The van der Waals surface area contributed by atoms with E-state index in [2.05, 4.69) is 5.32 Å². The lowest BCUT2D eigenvalue weighted by molar-refractivity contribution is 0.0956. The van der Waals surface area contributed by atoms with E-state index < -0.39 is 10.0 Å². The van der Waals surface area contributed by atoms with E-state index in [1.807, 2.05) is 24.3 Å². The molecule has 0 bridgehead atoms. The van der Waals surface area contributed by atoms with Crippen LogP contribution in [-0.4, -0.2) is 39.9 Å². The first-order chi connectivity index (χ1) is 12.3. The number of halogens is 1. The molecule has 0 aliphatic heterocycles. The number of nitrogens with one attached hydrogen (secondary N) is 1. The summed E-state index contributed by atoms with van der Waals surface area (Å²) in [6, 6.07) is 14.2. The zero-order valence-electron chi connectivity index (χ0n) is 14.6. The molecule has 0 fully saturated rings. The zero-order valence-corrected chi connectivity index (χ0v) is 17.0. The molecule has 0 aromatic heterocycles. The second-order valence-electron chi connectivity index (χ2n) is 5.72. The minimum atomic E-state index is -3.31. The quantitative estimate of drug-likeness (QED) is 0.675. The average molecular weight is 413 g/mol. The van der Waals surface area contributed by atoms with Gasteiger partial charge in [-0.3, -0.25) is 9.10 Å². The van der Waals surface area contributed by atoms with Gasteiger partial charge in [0.1, 0.15) is 0 Å². The maximum Gasteiger partial charge on any atom is 0.251 e. The van der Waals surface area contributed by atoms with E-state index in [-0.39, 0.29) is 5.91 Å². The van der Waals surface area contributed by atoms with Gasteiger partial charge >= 0.3 is 0 Å². The fourth-order valence-corrected chi connectivity index (χ4v) is 3.69. The highest BCUT2D eigenvalue weighted by Gasteiger charge is 2.12. The number of nitrogens with zero attached hydrogens (tertiary/aromatic N) is 1. The SMILES string of the molecule is CN(c1ccc(C(=O)NCCSCc2cccc(Cl)c2)cc1)S(C)(=O)=O. The molecule has 0 unspecified atom stereocenters. The Labute approximate surface area is 163 Å². The molecule has 0 atom stereocenters. The molecule has 0 saturated carbocycles. The lowest BCUT2D eigenvalue weighted by Crippen LogP contribution is -2.26. The Kier molecular flexibility index (Phi) is 7.37. The van der Waals surface area contributed by atoms with Crippen molar-refractivity contribution in [2.45, 2.75) is 5.75 Å². The van der Waals surface area contributed by atoms with Crippen molar-refractivity contribution in [1.82, 2.24) is 5.32 Å². The highest BCUT2D eigenvalue weighted by molar-refractivity contribution is 7.98. The van der Waals surface area contributed by atoms with Crippen LogP contribution in [0.3, 0.4) is 0 Å². The smallest absolute Gasteiger partial charge is 0.251 e. The van der Waals surface area contributed by atoms with Gasteiger partial charge in [-0.25, -0.2) is 8.42 Å². The molecule has 1 amide bonds. The summed E-state index contributed by atoms with van der Waals surface area (Å²) in [5.41, 5.74) is 2.16. The van der Waals surface area contributed by atoms with Crippen molar-refractivity contribution >= 4 is 45.0 Å². The molecule has 2 aromatic carbocycles. The Hall–Kier alpha value is -1.70. The van der Waals surface area contributed by atoms with Gasteiger partial charge in [0.05, 0.1) is 11.9 Å². The number of sulfonamides is 1. The molecule has 0 heterocycles. The van der Waals surface area contributed by atoms with Crippen molar-refractivity contribution in [2.75, 3.05) is 29.9 Å². The highest BCUT2D eigenvalue weighted by atomic mass is 35.5. The molecule has 0 aliphatic rings. The van der Waals surface area contributed by atoms with Crippen molar-refractivity contribution in [3.05, 3.63) is 64.7 Å².